The molecular weight excluding hydrogens is 458 g/mol. The van der Waals surface area contributed by atoms with Crippen molar-refractivity contribution in [3.63, 3.8) is 0 Å². The summed E-state index contributed by atoms with van der Waals surface area (Å²) in [5, 5.41) is 3.75. The van der Waals surface area contributed by atoms with Crippen LogP contribution < -0.4 is 23.7 Å². The molecule has 10 nitrogen and oxygen atoms in total. The van der Waals surface area contributed by atoms with Crippen molar-refractivity contribution in [3.05, 3.63) is 46.5 Å². The molecule has 35 heavy (non-hydrogen) atoms. The van der Waals surface area contributed by atoms with Crippen LogP contribution in [0.3, 0.4) is 0 Å². The summed E-state index contributed by atoms with van der Waals surface area (Å²) in [6.07, 6.45) is 3.11. The van der Waals surface area contributed by atoms with Gasteiger partial charge in [0.25, 0.3) is 0 Å². The van der Waals surface area contributed by atoms with E-state index in [1.54, 1.807) is 18.2 Å². The predicted molar refractivity (Wildman–Crippen MR) is 124 cm³/mol. The summed E-state index contributed by atoms with van der Waals surface area (Å²) in [5.41, 5.74) is 2.74. The van der Waals surface area contributed by atoms with E-state index in [-0.39, 0.29) is 6.79 Å². The van der Waals surface area contributed by atoms with E-state index in [1.165, 1.54) is 41.6 Å². The van der Waals surface area contributed by atoms with E-state index in [0.29, 0.717) is 39.9 Å². The van der Waals surface area contributed by atoms with Crippen LogP contribution in [0.5, 0.6) is 28.7 Å². The number of oxime groups is 1. The summed E-state index contributed by atoms with van der Waals surface area (Å²) in [6, 6.07) is 7.23. The van der Waals surface area contributed by atoms with Gasteiger partial charge in [0.05, 0.1) is 40.6 Å². The summed E-state index contributed by atoms with van der Waals surface area (Å²) in [4.78, 5) is 29.2. The highest BCUT2D eigenvalue weighted by atomic mass is 16.7. The molecule has 0 aromatic heterocycles. The average Bonchev–Trinajstić information content (AvgIpc) is 3.32. The van der Waals surface area contributed by atoms with Crippen molar-refractivity contribution in [2.45, 2.75) is 12.8 Å². The minimum atomic E-state index is -0.838. The lowest BCUT2D eigenvalue weighted by Gasteiger charge is -2.32. The molecule has 0 bridgehead atoms. The molecule has 184 valence electrons. The third-order valence-electron chi connectivity index (χ3n) is 5.81. The fourth-order valence-corrected chi connectivity index (χ4v) is 4.34. The van der Waals surface area contributed by atoms with Crippen LogP contribution in [-0.2, 0) is 19.2 Å². The number of carbonyl (C=O) groups excluding carboxylic acids is 2. The number of fused-ring (bicyclic) bond motifs is 2. The van der Waals surface area contributed by atoms with E-state index in [9.17, 15) is 9.59 Å². The number of carbonyl (C=O) groups is 2. The lowest BCUT2D eigenvalue weighted by atomic mass is 9.71. The van der Waals surface area contributed by atoms with Crippen molar-refractivity contribution < 1.29 is 42.8 Å². The standard InChI is InChI=1S/C25H25NO9/c1-13(27)35-26-11-16-6-14-7-18-19(34-12-33-18)10-17(14)22(23(16)25(28)32-5)15-8-20(29-2)24(31-4)21(9-15)30-3/h6-11,22-23H,12H2,1-5H3/t22-,23-/m1/s1. The molecule has 0 unspecified atom stereocenters. The Morgan fingerprint density at radius 3 is 2.20 bits per heavy atom. The van der Waals surface area contributed by atoms with Crippen LogP contribution in [0.25, 0.3) is 6.08 Å². The molecule has 2 aromatic carbocycles. The van der Waals surface area contributed by atoms with Crippen molar-refractivity contribution >= 4 is 24.2 Å². The fourth-order valence-electron chi connectivity index (χ4n) is 4.34. The minimum absolute atomic E-state index is 0.0952. The van der Waals surface area contributed by atoms with Crippen LogP contribution in [0.4, 0.5) is 0 Å². The third-order valence-corrected chi connectivity index (χ3v) is 5.81. The van der Waals surface area contributed by atoms with E-state index in [4.69, 9.17) is 33.3 Å². The minimum Gasteiger partial charge on any atom is -0.493 e. The molecule has 0 saturated carbocycles. The van der Waals surface area contributed by atoms with Crippen LogP contribution in [0.15, 0.2) is 35.0 Å². The Morgan fingerprint density at radius 1 is 0.971 bits per heavy atom. The number of benzene rings is 2. The van der Waals surface area contributed by atoms with Crippen molar-refractivity contribution in [2.75, 3.05) is 35.2 Å². The van der Waals surface area contributed by atoms with Gasteiger partial charge in [0.2, 0.25) is 12.5 Å². The molecule has 4 rings (SSSR count). The molecule has 0 amide bonds. The summed E-state index contributed by atoms with van der Waals surface area (Å²) < 4.78 is 32.9. The zero-order chi connectivity index (χ0) is 25.1. The van der Waals surface area contributed by atoms with Crippen LogP contribution in [0.1, 0.15) is 29.5 Å². The van der Waals surface area contributed by atoms with Gasteiger partial charge in [-0.3, -0.25) is 4.79 Å². The van der Waals surface area contributed by atoms with E-state index in [1.807, 2.05) is 12.1 Å². The normalized spacial score (nSPS) is 17.9. The first-order chi connectivity index (χ1) is 16.9. The van der Waals surface area contributed by atoms with E-state index in [2.05, 4.69) is 5.16 Å². The Hall–Kier alpha value is -4.21. The van der Waals surface area contributed by atoms with E-state index >= 15 is 0 Å². The molecule has 0 radical (unpaired) electrons. The Morgan fingerprint density at radius 2 is 1.63 bits per heavy atom. The Balaban J connectivity index is 1.97. The Bertz CT molecular complexity index is 1190. The predicted octanol–water partition coefficient (Wildman–Crippen LogP) is 3.31. The second kappa shape index (κ2) is 9.96. The Kier molecular flexibility index (Phi) is 6.81. The number of ether oxygens (including phenoxy) is 6. The van der Waals surface area contributed by atoms with Crippen LogP contribution in [0, 0.1) is 5.92 Å². The number of esters is 1. The van der Waals surface area contributed by atoms with Crippen molar-refractivity contribution in [1.29, 1.82) is 0 Å². The summed E-state index contributed by atoms with van der Waals surface area (Å²) in [6.45, 7) is 1.33. The number of hydrogen-bond donors (Lipinski definition) is 0. The monoisotopic (exact) mass is 483 g/mol. The molecular formula is C25H25NO9. The molecule has 0 N–H and O–H groups in total. The SMILES string of the molecule is COC(=O)[C@@H]1C(C=NOC(C)=O)=Cc2cc3c(cc2[C@H]1c1cc(OC)c(OC)c(OC)c1)OCO3. The zero-order valence-corrected chi connectivity index (χ0v) is 19.9. The molecule has 0 fully saturated rings. The van der Waals surface area contributed by atoms with Gasteiger partial charge in [-0.05, 0) is 52.6 Å². The van der Waals surface area contributed by atoms with Gasteiger partial charge in [0.15, 0.2) is 23.0 Å². The van der Waals surface area contributed by atoms with Crippen molar-refractivity contribution in [2.24, 2.45) is 11.1 Å². The van der Waals surface area contributed by atoms with Gasteiger partial charge >= 0.3 is 11.9 Å². The van der Waals surface area contributed by atoms with Gasteiger partial charge in [-0.2, -0.15) is 0 Å². The second-order valence-corrected chi connectivity index (χ2v) is 7.73. The number of hydrogen-bond acceptors (Lipinski definition) is 10. The smallest absolute Gasteiger partial charge is 0.331 e. The molecule has 1 heterocycles. The van der Waals surface area contributed by atoms with Gasteiger partial charge < -0.3 is 33.3 Å². The summed E-state index contributed by atoms with van der Waals surface area (Å²) >= 11 is 0. The molecule has 10 heteroatoms. The average molecular weight is 483 g/mol. The quantitative estimate of drug-likeness (QED) is 0.253. The second-order valence-electron chi connectivity index (χ2n) is 7.73. The lowest BCUT2D eigenvalue weighted by molar-refractivity contribution is -0.144. The fraction of sp³-hybridized carbons (Fsp3) is 0.320. The topological polar surface area (TPSA) is 111 Å². The van der Waals surface area contributed by atoms with E-state index in [0.717, 1.165) is 11.1 Å². The Labute approximate surface area is 201 Å². The van der Waals surface area contributed by atoms with Crippen LogP contribution in [0.2, 0.25) is 0 Å². The molecule has 2 atom stereocenters. The summed E-state index contributed by atoms with van der Waals surface area (Å²) in [5.74, 6) is -0.0759. The molecule has 2 aromatic rings. The molecule has 1 aliphatic heterocycles. The van der Waals surface area contributed by atoms with Crippen LogP contribution >= 0.6 is 0 Å². The summed E-state index contributed by atoms with van der Waals surface area (Å²) in [7, 11) is 5.86. The van der Waals surface area contributed by atoms with Gasteiger partial charge in [0, 0.05) is 12.8 Å². The van der Waals surface area contributed by atoms with Crippen molar-refractivity contribution in [1.82, 2.24) is 0 Å². The highest BCUT2D eigenvalue weighted by molar-refractivity contribution is 5.97. The van der Waals surface area contributed by atoms with Crippen LogP contribution in [-0.4, -0.2) is 53.4 Å². The highest BCUT2D eigenvalue weighted by Gasteiger charge is 2.40. The maximum atomic E-state index is 13.2. The zero-order valence-electron chi connectivity index (χ0n) is 19.9. The van der Waals surface area contributed by atoms with E-state index < -0.39 is 23.8 Å². The third kappa shape index (κ3) is 4.46. The largest absolute Gasteiger partial charge is 0.493 e. The number of nitrogens with zero attached hydrogens (tertiary/aromatic N) is 1. The first-order valence-electron chi connectivity index (χ1n) is 10.7. The molecule has 0 saturated heterocycles. The lowest BCUT2D eigenvalue weighted by Crippen LogP contribution is -2.30. The number of rotatable bonds is 7. The first kappa shape index (κ1) is 23.9. The van der Waals surface area contributed by atoms with Gasteiger partial charge in [-0.25, -0.2) is 4.79 Å². The molecule has 1 aliphatic carbocycles. The first-order valence-corrected chi connectivity index (χ1v) is 10.7. The highest BCUT2D eigenvalue weighted by Crippen LogP contribution is 2.50. The molecule has 2 aliphatic rings. The maximum absolute atomic E-state index is 13.2. The van der Waals surface area contributed by atoms with Gasteiger partial charge in [-0.15, -0.1) is 0 Å². The van der Waals surface area contributed by atoms with Crippen molar-refractivity contribution in [3.8, 4) is 28.7 Å². The maximum Gasteiger partial charge on any atom is 0.331 e. The number of methoxy groups -OCH3 is 4. The van der Waals surface area contributed by atoms with Gasteiger partial charge in [0.1, 0.15) is 0 Å². The van der Waals surface area contributed by atoms with Gasteiger partial charge in [-0.1, -0.05) is 5.16 Å². The molecule has 0 spiro atoms.